The van der Waals surface area contributed by atoms with Crippen molar-refractivity contribution >= 4 is 0 Å². The summed E-state index contributed by atoms with van der Waals surface area (Å²) < 4.78 is 11.3. The van der Waals surface area contributed by atoms with Crippen LogP contribution in [0.1, 0.15) is 44.2 Å². The predicted octanol–water partition coefficient (Wildman–Crippen LogP) is 3.04. The lowest BCUT2D eigenvalue weighted by Gasteiger charge is -2.19. The van der Waals surface area contributed by atoms with Crippen molar-refractivity contribution in [2.24, 2.45) is 5.73 Å². The van der Waals surface area contributed by atoms with Crippen LogP contribution in [0.2, 0.25) is 0 Å². The Hall–Kier alpha value is -1.22. The van der Waals surface area contributed by atoms with Crippen LogP contribution in [0.4, 0.5) is 0 Å². The lowest BCUT2D eigenvalue weighted by molar-refractivity contribution is 0.206. The highest BCUT2D eigenvalue weighted by atomic mass is 16.5. The van der Waals surface area contributed by atoms with Crippen LogP contribution in [0, 0.1) is 0 Å². The van der Waals surface area contributed by atoms with Crippen molar-refractivity contribution in [2.45, 2.75) is 44.8 Å². The fourth-order valence-corrected chi connectivity index (χ4v) is 2.31. The highest BCUT2D eigenvalue weighted by Crippen LogP contribution is 2.32. The van der Waals surface area contributed by atoms with Crippen LogP contribution in [-0.4, -0.2) is 13.2 Å². The lowest BCUT2D eigenvalue weighted by Crippen LogP contribution is -2.14. The van der Waals surface area contributed by atoms with Crippen molar-refractivity contribution in [1.29, 1.82) is 0 Å². The first-order valence-electron chi connectivity index (χ1n) is 6.31. The molecule has 3 nitrogen and oxygen atoms in total. The van der Waals surface area contributed by atoms with E-state index in [0.29, 0.717) is 6.10 Å². The van der Waals surface area contributed by atoms with E-state index in [1.54, 1.807) is 7.11 Å². The first kappa shape index (κ1) is 12.2. The van der Waals surface area contributed by atoms with E-state index in [9.17, 15) is 0 Å². The van der Waals surface area contributed by atoms with Crippen molar-refractivity contribution in [3.8, 4) is 11.5 Å². The molecule has 1 saturated carbocycles. The standard InChI is InChI=1S/C14H21NO2/c1-10(15)13-8-7-12(16-2)9-14(13)17-11-5-3-4-6-11/h7-11H,3-6,15H2,1-2H3/t10-/m0/s1. The third-order valence-corrected chi connectivity index (χ3v) is 3.31. The summed E-state index contributed by atoms with van der Waals surface area (Å²) in [7, 11) is 1.67. The zero-order valence-electron chi connectivity index (χ0n) is 10.6. The highest BCUT2D eigenvalue weighted by molar-refractivity contribution is 5.42. The van der Waals surface area contributed by atoms with Crippen LogP contribution in [0.25, 0.3) is 0 Å². The molecule has 94 valence electrons. The predicted molar refractivity (Wildman–Crippen MR) is 68.5 cm³/mol. The molecule has 1 aliphatic rings. The number of hydrogen-bond acceptors (Lipinski definition) is 3. The van der Waals surface area contributed by atoms with Gasteiger partial charge < -0.3 is 15.2 Å². The van der Waals surface area contributed by atoms with E-state index >= 15 is 0 Å². The molecule has 0 heterocycles. The van der Waals surface area contributed by atoms with Crippen molar-refractivity contribution in [2.75, 3.05) is 7.11 Å². The molecule has 1 atom stereocenters. The second-order valence-electron chi connectivity index (χ2n) is 4.72. The Kier molecular flexibility index (Phi) is 3.89. The number of rotatable bonds is 4. The average molecular weight is 235 g/mol. The Morgan fingerprint density at radius 2 is 2.00 bits per heavy atom. The Morgan fingerprint density at radius 1 is 1.29 bits per heavy atom. The van der Waals surface area contributed by atoms with Gasteiger partial charge in [0, 0.05) is 17.7 Å². The van der Waals surface area contributed by atoms with E-state index < -0.39 is 0 Å². The average Bonchev–Trinajstić information content (AvgIpc) is 2.81. The molecule has 1 aliphatic carbocycles. The topological polar surface area (TPSA) is 44.5 Å². The lowest BCUT2D eigenvalue weighted by atomic mass is 10.1. The Morgan fingerprint density at radius 3 is 2.59 bits per heavy atom. The molecule has 0 radical (unpaired) electrons. The second-order valence-corrected chi connectivity index (χ2v) is 4.72. The SMILES string of the molecule is COc1ccc([C@H](C)N)c(OC2CCCC2)c1. The van der Waals surface area contributed by atoms with Crippen LogP contribution >= 0.6 is 0 Å². The Balaban J connectivity index is 2.21. The van der Waals surface area contributed by atoms with E-state index in [2.05, 4.69) is 0 Å². The van der Waals surface area contributed by atoms with Gasteiger partial charge in [0.1, 0.15) is 11.5 Å². The molecule has 0 aromatic heterocycles. The van der Waals surface area contributed by atoms with E-state index in [-0.39, 0.29) is 6.04 Å². The second kappa shape index (κ2) is 5.41. The molecule has 3 heteroatoms. The number of ether oxygens (including phenoxy) is 2. The third kappa shape index (κ3) is 2.91. The molecule has 0 aliphatic heterocycles. The van der Waals surface area contributed by atoms with Crippen LogP contribution < -0.4 is 15.2 Å². The molecule has 2 rings (SSSR count). The van der Waals surface area contributed by atoms with Gasteiger partial charge in [-0.15, -0.1) is 0 Å². The number of methoxy groups -OCH3 is 1. The van der Waals surface area contributed by atoms with E-state index in [1.807, 2.05) is 25.1 Å². The van der Waals surface area contributed by atoms with Gasteiger partial charge in [-0.1, -0.05) is 6.07 Å². The molecule has 1 aromatic rings. The summed E-state index contributed by atoms with van der Waals surface area (Å²) in [5.74, 6) is 1.70. The summed E-state index contributed by atoms with van der Waals surface area (Å²) in [6, 6.07) is 5.85. The van der Waals surface area contributed by atoms with Gasteiger partial charge in [0.15, 0.2) is 0 Å². The van der Waals surface area contributed by atoms with Gasteiger partial charge in [-0.2, -0.15) is 0 Å². The molecule has 0 amide bonds. The molecule has 2 N–H and O–H groups in total. The fraction of sp³-hybridized carbons (Fsp3) is 0.571. The van der Waals surface area contributed by atoms with Gasteiger partial charge >= 0.3 is 0 Å². The van der Waals surface area contributed by atoms with Crippen LogP contribution in [0.3, 0.4) is 0 Å². The summed E-state index contributed by atoms with van der Waals surface area (Å²) in [6.07, 6.45) is 5.18. The fourth-order valence-electron chi connectivity index (χ4n) is 2.31. The molecule has 0 bridgehead atoms. The molecule has 0 spiro atoms. The quantitative estimate of drug-likeness (QED) is 0.872. The molecular weight excluding hydrogens is 214 g/mol. The minimum atomic E-state index is -0.0164. The van der Waals surface area contributed by atoms with Gasteiger partial charge in [-0.3, -0.25) is 0 Å². The minimum absolute atomic E-state index is 0.0164. The maximum Gasteiger partial charge on any atom is 0.128 e. The van der Waals surface area contributed by atoms with Gasteiger partial charge in [0.25, 0.3) is 0 Å². The van der Waals surface area contributed by atoms with Gasteiger partial charge in [-0.25, -0.2) is 0 Å². The summed E-state index contributed by atoms with van der Waals surface area (Å²) in [5, 5.41) is 0. The highest BCUT2D eigenvalue weighted by Gasteiger charge is 2.19. The third-order valence-electron chi connectivity index (χ3n) is 3.31. The van der Waals surface area contributed by atoms with E-state index in [0.717, 1.165) is 29.9 Å². The molecule has 0 unspecified atom stereocenters. The van der Waals surface area contributed by atoms with Crippen molar-refractivity contribution < 1.29 is 9.47 Å². The first-order chi connectivity index (χ1) is 8.20. The smallest absolute Gasteiger partial charge is 0.128 e. The van der Waals surface area contributed by atoms with E-state index in [4.69, 9.17) is 15.2 Å². The number of benzene rings is 1. The van der Waals surface area contributed by atoms with E-state index in [1.165, 1.54) is 12.8 Å². The number of hydrogen-bond donors (Lipinski definition) is 1. The zero-order valence-corrected chi connectivity index (χ0v) is 10.6. The number of nitrogens with two attached hydrogens (primary N) is 1. The largest absolute Gasteiger partial charge is 0.497 e. The van der Waals surface area contributed by atoms with Gasteiger partial charge in [-0.05, 0) is 38.7 Å². The van der Waals surface area contributed by atoms with Crippen LogP contribution in [0.15, 0.2) is 18.2 Å². The van der Waals surface area contributed by atoms with Crippen molar-refractivity contribution in [1.82, 2.24) is 0 Å². The monoisotopic (exact) mass is 235 g/mol. The van der Waals surface area contributed by atoms with Crippen molar-refractivity contribution in [3.63, 3.8) is 0 Å². The maximum absolute atomic E-state index is 6.05. The van der Waals surface area contributed by atoms with Crippen LogP contribution in [0.5, 0.6) is 11.5 Å². The maximum atomic E-state index is 6.05. The summed E-state index contributed by atoms with van der Waals surface area (Å²) in [4.78, 5) is 0. The van der Waals surface area contributed by atoms with Crippen LogP contribution in [-0.2, 0) is 0 Å². The Bertz CT molecular complexity index is 370. The minimum Gasteiger partial charge on any atom is -0.497 e. The molecule has 1 fully saturated rings. The van der Waals surface area contributed by atoms with Gasteiger partial charge in [0.05, 0.1) is 13.2 Å². The summed E-state index contributed by atoms with van der Waals surface area (Å²) >= 11 is 0. The van der Waals surface area contributed by atoms with Gasteiger partial charge in [0.2, 0.25) is 0 Å². The summed E-state index contributed by atoms with van der Waals surface area (Å²) in [5.41, 5.74) is 7.01. The summed E-state index contributed by atoms with van der Waals surface area (Å²) in [6.45, 7) is 1.98. The molecule has 1 aromatic carbocycles. The normalized spacial score (nSPS) is 18.1. The molecule has 0 saturated heterocycles. The molecule has 17 heavy (non-hydrogen) atoms. The molecular formula is C14H21NO2. The Labute approximate surface area is 103 Å². The first-order valence-corrected chi connectivity index (χ1v) is 6.31. The van der Waals surface area contributed by atoms with Crippen molar-refractivity contribution in [3.05, 3.63) is 23.8 Å². The zero-order chi connectivity index (χ0) is 12.3.